The SMILES string of the molecule is CC(=O)Nc1cccc(-c2nc(C(=O)NCc3ccco3)c(C)s2)c1. The van der Waals surface area contributed by atoms with Crippen LogP contribution in [-0.4, -0.2) is 16.8 Å². The van der Waals surface area contributed by atoms with Gasteiger partial charge >= 0.3 is 0 Å². The van der Waals surface area contributed by atoms with Crippen molar-refractivity contribution in [3.8, 4) is 10.6 Å². The van der Waals surface area contributed by atoms with Crippen LogP contribution in [0.4, 0.5) is 5.69 Å². The number of aryl methyl sites for hydroxylation is 1. The van der Waals surface area contributed by atoms with Gasteiger partial charge in [0, 0.05) is 23.1 Å². The van der Waals surface area contributed by atoms with Crippen molar-refractivity contribution in [2.24, 2.45) is 0 Å². The molecule has 25 heavy (non-hydrogen) atoms. The number of hydrogen-bond donors (Lipinski definition) is 2. The topological polar surface area (TPSA) is 84.2 Å². The molecule has 6 nitrogen and oxygen atoms in total. The van der Waals surface area contributed by atoms with E-state index in [0.29, 0.717) is 23.7 Å². The Morgan fingerprint density at radius 3 is 2.80 bits per heavy atom. The van der Waals surface area contributed by atoms with Gasteiger partial charge < -0.3 is 15.1 Å². The van der Waals surface area contributed by atoms with E-state index < -0.39 is 0 Å². The first kappa shape index (κ1) is 16.9. The third kappa shape index (κ3) is 4.13. The van der Waals surface area contributed by atoms with E-state index in [1.54, 1.807) is 18.4 Å². The van der Waals surface area contributed by atoms with Crippen LogP contribution in [0.1, 0.15) is 28.0 Å². The number of nitrogens with zero attached hydrogens (tertiary/aromatic N) is 1. The molecule has 0 aliphatic heterocycles. The van der Waals surface area contributed by atoms with E-state index in [4.69, 9.17) is 4.42 Å². The molecule has 2 heterocycles. The summed E-state index contributed by atoms with van der Waals surface area (Å²) in [5, 5.41) is 6.27. The lowest BCUT2D eigenvalue weighted by atomic mass is 10.2. The van der Waals surface area contributed by atoms with Crippen molar-refractivity contribution in [1.29, 1.82) is 0 Å². The summed E-state index contributed by atoms with van der Waals surface area (Å²) in [4.78, 5) is 28.8. The van der Waals surface area contributed by atoms with Crippen molar-refractivity contribution >= 4 is 28.8 Å². The number of carbonyl (C=O) groups is 2. The molecule has 0 aliphatic rings. The minimum Gasteiger partial charge on any atom is -0.467 e. The van der Waals surface area contributed by atoms with Crippen LogP contribution in [0, 0.1) is 6.92 Å². The van der Waals surface area contributed by atoms with Crippen LogP contribution in [0.3, 0.4) is 0 Å². The molecule has 128 valence electrons. The molecule has 3 aromatic rings. The number of carbonyl (C=O) groups excluding carboxylic acids is 2. The molecule has 7 heteroatoms. The van der Waals surface area contributed by atoms with E-state index in [9.17, 15) is 9.59 Å². The van der Waals surface area contributed by atoms with Crippen molar-refractivity contribution in [3.63, 3.8) is 0 Å². The van der Waals surface area contributed by atoms with Crippen LogP contribution in [0.5, 0.6) is 0 Å². The Kier molecular flexibility index (Phi) is 4.95. The predicted octanol–water partition coefficient (Wildman–Crippen LogP) is 3.60. The van der Waals surface area contributed by atoms with Gasteiger partial charge in [0.25, 0.3) is 5.91 Å². The van der Waals surface area contributed by atoms with E-state index in [1.807, 2.05) is 31.2 Å². The molecule has 2 amide bonds. The molecule has 0 spiro atoms. The number of aromatic nitrogens is 1. The van der Waals surface area contributed by atoms with Gasteiger partial charge in [-0.3, -0.25) is 9.59 Å². The summed E-state index contributed by atoms with van der Waals surface area (Å²) in [5.41, 5.74) is 1.95. The summed E-state index contributed by atoms with van der Waals surface area (Å²) < 4.78 is 5.20. The standard InChI is InChI=1S/C18H17N3O3S/c1-11-16(17(23)19-10-15-7-4-8-24-15)21-18(25-11)13-5-3-6-14(9-13)20-12(2)22/h3-9H,10H2,1-2H3,(H,19,23)(H,20,22). The molecule has 2 aromatic heterocycles. The van der Waals surface area contributed by atoms with Crippen LogP contribution in [0.25, 0.3) is 10.6 Å². The maximum Gasteiger partial charge on any atom is 0.271 e. The van der Waals surface area contributed by atoms with Gasteiger partial charge in [0.15, 0.2) is 0 Å². The zero-order chi connectivity index (χ0) is 17.8. The molecule has 0 radical (unpaired) electrons. The van der Waals surface area contributed by atoms with Gasteiger partial charge in [-0.1, -0.05) is 12.1 Å². The Labute approximate surface area is 148 Å². The minimum absolute atomic E-state index is 0.134. The minimum atomic E-state index is -0.241. The highest BCUT2D eigenvalue weighted by molar-refractivity contribution is 7.15. The molecule has 0 atom stereocenters. The maximum absolute atomic E-state index is 12.4. The zero-order valence-electron chi connectivity index (χ0n) is 13.8. The van der Waals surface area contributed by atoms with Crippen LogP contribution in [0.15, 0.2) is 47.1 Å². The van der Waals surface area contributed by atoms with Gasteiger partial charge in [0.1, 0.15) is 16.5 Å². The Hall–Kier alpha value is -2.93. The molecule has 0 unspecified atom stereocenters. The molecule has 0 aliphatic carbocycles. The Balaban J connectivity index is 1.77. The number of thiazole rings is 1. The summed E-state index contributed by atoms with van der Waals surface area (Å²) in [6, 6.07) is 11.0. The highest BCUT2D eigenvalue weighted by Gasteiger charge is 2.16. The monoisotopic (exact) mass is 355 g/mol. The summed E-state index contributed by atoms with van der Waals surface area (Å²) in [6.07, 6.45) is 1.57. The number of amides is 2. The summed E-state index contributed by atoms with van der Waals surface area (Å²) in [5.74, 6) is 0.310. The van der Waals surface area contributed by atoms with Crippen molar-refractivity contribution in [2.75, 3.05) is 5.32 Å². The number of nitrogens with one attached hydrogen (secondary N) is 2. The predicted molar refractivity (Wildman–Crippen MR) is 96.5 cm³/mol. The van der Waals surface area contributed by atoms with E-state index in [1.165, 1.54) is 18.3 Å². The van der Waals surface area contributed by atoms with Crippen molar-refractivity contribution in [3.05, 3.63) is 59.0 Å². The smallest absolute Gasteiger partial charge is 0.271 e. The van der Waals surface area contributed by atoms with Gasteiger partial charge in [0.05, 0.1) is 12.8 Å². The number of rotatable bonds is 5. The maximum atomic E-state index is 12.4. The average molecular weight is 355 g/mol. The second kappa shape index (κ2) is 7.31. The molecule has 1 aromatic carbocycles. The fraction of sp³-hybridized carbons (Fsp3) is 0.167. The first-order valence-electron chi connectivity index (χ1n) is 7.69. The van der Waals surface area contributed by atoms with Crippen molar-refractivity contribution in [1.82, 2.24) is 10.3 Å². The number of benzene rings is 1. The quantitative estimate of drug-likeness (QED) is 0.732. The van der Waals surface area contributed by atoms with E-state index in [0.717, 1.165) is 15.4 Å². The number of furan rings is 1. The largest absolute Gasteiger partial charge is 0.467 e. The highest BCUT2D eigenvalue weighted by atomic mass is 32.1. The Morgan fingerprint density at radius 1 is 1.24 bits per heavy atom. The summed E-state index contributed by atoms with van der Waals surface area (Å²) in [7, 11) is 0. The lowest BCUT2D eigenvalue weighted by Crippen LogP contribution is -2.23. The third-order valence-corrected chi connectivity index (χ3v) is 4.46. The van der Waals surface area contributed by atoms with Gasteiger partial charge in [-0.05, 0) is 31.2 Å². The molecule has 3 rings (SSSR count). The van der Waals surface area contributed by atoms with Gasteiger partial charge in [-0.15, -0.1) is 11.3 Å². The number of anilines is 1. The summed E-state index contributed by atoms with van der Waals surface area (Å²) >= 11 is 1.44. The van der Waals surface area contributed by atoms with Gasteiger partial charge in [-0.25, -0.2) is 4.98 Å². The molecule has 0 bridgehead atoms. The first-order chi connectivity index (χ1) is 12.0. The third-order valence-electron chi connectivity index (χ3n) is 3.44. The van der Waals surface area contributed by atoms with E-state index in [2.05, 4.69) is 15.6 Å². The molecular weight excluding hydrogens is 338 g/mol. The molecule has 0 fully saturated rings. The van der Waals surface area contributed by atoms with Gasteiger partial charge in [-0.2, -0.15) is 0 Å². The first-order valence-corrected chi connectivity index (χ1v) is 8.50. The molecule has 2 N–H and O–H groups in total. The second-order valence-electron chi connectivity index (χ2n) is 5.45. The number of hydrogen-bond acceptors (Lipinski definition) is 5. The second-order valence-corrected chi connectivity index (χ2v) is 6.65. The fourth-order valence-corrected chi connectivity index (χ4v) is 3.23. The molecular formula is C18H17N3O3S. The zero-order valence-corrected chi connectivity index (χ0v) is 14.6. The van der Waals surface area contributed by atoms with Crippen LogP contribution < -0.4 is 10.6 Å². The summed E-state index contributed by atoms with van der Waals surface area (Å²) in [6.45, 7) is 3.64. The van der Waals surface area contributed by atoms with Crippen LogP contribution in [0.2, 0.25) is 0 Å². The Bertz CT molecular complexity index is 900. The normalized spacial score (nSPS) is 10.5. The fourth-order valence-electron chi connectivity index (χ4n) is 2.33. The van der Waals surface area contributed by atoms with Crippen molar-refractivity contribution < 1.29 is 14.0 Å². The lowest BCUT2D eigenvalue weighted by molar-refractivity contribution is -0.114. The lowest BCUT2D eigenvalue weighted by Gasteiger charge is -2.03. The average Bonchev–Trinajstić information content (AvgIpc) is 3.22. The van der Waals surface area contributed by atoms with Crippen LogP contribution >= 0.6 is 11.3 Å². The van der Waals surface area contributed by atoms with Crippen LogP contribution in [-0.2, 0) is 11.3 Å². The van der Waals surface area contributed by atoms with E-state index >= 15 is 0 Å². The molecule has 0 saturated carbocycles. The van der Waals surface area contributed by atoms with Gasteiger partial charge in [0.2, 0.25) is 5.91 Å². The van der Waals surface area contributed by atoms with E-state index in [-0.39, 0.29) is 11.8 Å². The Morgan fingerprint density at radius 2 is 2.08 bits per heavy atom. The molecule has 0 saturated heterocycles. The van der Waals surface area contributed by atoms with Crippen molar-refractivity contribution in [2.45, 2.75) is 20.4 Å². The highest BCUT2D eigenvalue weighted by Crippen LogP contribution is 2.29.